The summed E-state index contributed by atoms with van der Waals surface area (Å²) < 4.78 is 23.0. The van der Waals surface area contributed by atoms with Gasteiger partial charge in [0.2, 0.25) is 5.91 Å². The second-order valence-corrected chi connectivity index (χ2v) is 8.56. The normalized spacial score (nSPS) is 19.6. The van der Waals surface area contributed by atoms with Crippen molar-refractivity contribution in [2.45, 2.75) is 25.0 Å². The van der Waals surface area contributed by atoms with Crippen LogP contribution in [0.25, 0.3) is 0 Å². The summed E-state index contributed by atoms with van der Waals surface area (Å²) in [6.45, 7) is 3.87. The molecule has 0 bridgehead atoms. The summed E-state index contributed by atoms with van der Waals surface area (Å²) in [6, 6.07) is 7.15. The Kier molecular flexibility index (Phi) is 5.28. The lowest BCUT2D eigenvalue weighted by Crippen LogP contribution is -2.54. The first-order valence-electron chi connectivity index (χ1n) is 6.56. The van der Waals surface area contributed by atoms with E-state index in [1.807, 2.05) is 12.1 Å². The van der Waals surface area contributed by atoms with Crippen LogP contribution in [0, 0.1) is 0 Å². The number of carbonyl (C=O) groups excluding carboxylic acids is 1. The largest absolute Gasteiger partial charge is 0.399 e. The van der Waals surface area contributed by atoms with Crippen molar-refractivity contribution in [3.63, 3.8) is 0 Å². The van der Waals surface area contributed by atoms with Gasteiger partial charge in [-0.15, -0.1) is 12.4 Å². The molecule has 2 rings (SSSR count). The van der Waals surface area contributed by atoms with Crippen molar-refractivity contribution in [2.75, 3.05) is 24.6 Å². The second-order valence-electron chi connectivity index (χ2n) is 5.81. The van der Waals surface area contributed by atoms with Crippen LogP contribution < -0.4 is 5.73 Å². The number of hydrogen-bond acceptors (Lipinski definition) is 4. The van der Waals surface area contributed by atoms with Crippen molar-refractivity contribution in [3.8, 4) is 0 Å². The number of rotatable bonds is 2. The first-order chi connectivity index (χ1) is 9.21. The Morgan fingerprint density at radius 3 is 2.38 bits per heavy atom. The Hall–Kier alpha value is -1.27. The lowest BCUT2D eigenvalue weighted by atomic mass is 10.1. The third-order valence-corrected chi connectivity index (χ3v) is 6.26. The summed E-state index contributed by atoms with van der Waals surface area (Å²) in [7, 11) is -3.12. The Balaban J connectivity index is 0.00000220. The lowest BCUT2D eigenvalue weighted by Gasteiger charge is -2.37. The fourth-order valence-corrected chi connectivity index (χ4v) is 3.64. The molecule has 2 N–H and O–H groups in total. The summed E-state index contributed by atoms with van der Waals surface area (Å²) in [6.07, 6.45) is 0.274. The Bertz CT molecular complexity index is 612. The smallest absolute Gasteiger partial charge is 0.227 e. The average Bonchev–Trinajstić information content (AvgIpc) is 2.35. The molecular formula is C14H21ClN2O3S. The van der Waals surface area contributed by atoms with Crippen molar-refractivity contribution >= 4 is 33.8 Å². The van der Waals surface area contributed by atoms with Crippen LogP contribution >= 0.6 is 12.4 Å². The maximum atomic E-state index is 12.3. The van der Waals surface area contributed by atoms with Crippen LogP contribution in [-0.2, 0) is 21.1 Å². The SMILES string of the molecule is CC1(C)CN(C(=O)Cc2ccc(N)cc2)CCS1(=O)=O.Cl. The van der Waals surface area contributed by atoms with Crippen LogP contribution in [0.5, 0.6) is 0 Å². The zero-order chi connectivity index (χ0) is 15.0. The number of halogens is 1. The highest BCUT2D eigenvalue weighted by Crippen LogP contribution is 2.24. The molecule has 21 heavy (non-hydrogen) atoms. The number of carbonyl (C=O) groups is 1. The zero-order valence-electron chi connectivity index (χ0n) is 12.2. The van der Waals surface area contributed by atoms with Gasteiger partial charge < -0.3 is 10.6 Å². The Morgan fingerprint density at radius 2 is 1.86 bits per heavy atom. The van der Waals surface area contributed by atoms with E-state index >= 15 is 0 Å². The van der Waals surface area contributed by atoms with E-state index in [4.69, 9.17) is 5.73 Å². The van der Waals surface area contributed by atoms with E-state index in [-0.39, 0.29) is 43.6 Å². The summed E-state index contributed by atoms with van der Waals surface area (Å²) in [5.74, 6) is -0.00856. The van der Waals surface area contributed by atoms with Crippen molar-refractivity contribution in [3.05, 3.63) is 29.8 Å². The average molecular weight is 333 g/mol. The number of nitrogens with zero attached hydrogens (tertiary/aromatic N) is 1. The predicted molar refractivity (Wildman–Crippen MR) is 86.3 cm³/mol. The van der Waals surface area contributed by atoms with Crippen molar-refractivity contribution in [1.29, 1.82) is 0 Å². The van der Waals surface area contributed by atoms with Gasteiger partial charge in [0.15, 0.2) is 9.84 Å². The van der Waals surface area contributed by atoms with E-state index < -0.39 is 14.6 Å². The van der Waals surface area contributed by atoms with E-state index in [2.05, 4.69) is 0 Å². The Labute approximate surface area is 131 Å². The van der Waals surface area contributed by atoms with Crippen LogP contribution in [-0.4, -0.2) is 42.8 Å². The molecular weight excluding hydrogens is 312 g/mol. The van der Waals surface area contributed by atoms with Gasteiger partial charge in [0.25, 0.3) is 0 Å². The van der Waals surface area contributed by atoms with Gasteiger partial charge in [-0.1, -0.05) is 12.1 Å². The minimum absolute atomic E-state index is 0. The van der Waals surface area contributed by atoms with Crippen LogP contribution in [0.15, 0.2) is 24.3 Å². The minimum Gasteiger partial charge on any atom is -0.399 e. The molecule has 1 aromatic rings. The number of nitrogens with two attached hydrogens (primary N) is 1. The lowest BCUT2D eigenvalue weighted by molar-refractivity contribution is -0.130. The third-order valence-electron chi connectivity index (χ3n) is 3.73. The standard InChI is InChI=1S/C14H20N2O3S.ClH/c1-14(2)10-16(7-8-20(14,18)19)13(17)9-11-3-5-12(15)6-4-11;/h3-6H,7-10,15H2,1-2H3;1H. The van der Waals surface area contributed by atoms with Crippen LogP contribution in [0.1, 0.15) is 19.4 Å². The van der Waals surface area contributed by atoms with Gasteiger partial charge in [0.05, 0.1) is 16.9 Å². The molecule has 0 aromatic heterocycles. The molecule has 0 spiro atoms. The summed E-state index contributed by atoms with van der Waals surface area (Å²) >= 11 is 0. The first-order valence-corrected chi connectivity index (χ1v) is 8.21. The number of nitrogen functional groups attached to an aromatic ring is 1. The molecule has 0 aliphatic carbocycles. The topological polar surface area (TPSA) is 80.5 Å². The fraction of sp³-hybridized carbons (Fsp3) is 0.500. The second kappa shape index (κ2) is 6.23. The predicted octanol–water partition coefficient (Wildman–Crippen LogP) is 1.27. The minimum atomic E-state index is -3.12. The number of anilines is 1. The molecule has 0 unspecified atom stereocenters. The van der Waals surface area contributed by atoms with Gasteiger partial charge in [-0.3, -0.25) is 4.79 Å². The number of amides is 1. The van der Waals surface area contributed by atoms with Gasteiger partial charge in [-0.05, 0) is 31.5 Å². The monoisotopic (exact) mass is 332 g/mol. The van der Waals surface area contributed by atoms with Gasteiger partial charge in [-0.2, -0.15) is 0 Å². The van der Waals surface area contributed by atoms with Gasteiger partial charge in [-0.25, -0.2) is 8.42 Å². The van der Waals surface area contributed by atoms with Gasteiger partial charge >= 0.3 is 0 Å². The molecule has 1 saturated heterocycles. The van der Waals surface area contributed by atoms with Gasteiger partial charge in [0.1, 0.15) is 0 Å². The van der Waals surface area contributed by atoms with E-state index in [9.17, 15) is 13.2 Å². The molecule has 0 saturated carbocycles. The van der Waals surface area contributed by atoms with Crippen LogP contribution in [0.2, 0.25) is 0 Å². The van der Waals surface area contributed by atoms with Crippen molar-refractivity contribution in [1.82, 2.24) is 4.90 Å². The first kappa shape index (κ1) is 17.8. The van der Waals surface area contributed by atoms with Crippen molar-refractivity contribution in [2.24, 2.45) is 0 Å². The quantitative estimate of drug-likeness (QED) is 0.827. The highest BCUT2D eigenvalue weighted by atomic mass is 35.5. The van der Waals surface area contributed by atoms with Crippen molar-refractivity contribution < 1.29 is 13.2 Å². The fourth-order valence-electron chi connectivity index (χ4n) is 2.28. The number of sulfone groups is 1. The zero-order valence-corrected chi connectivity index (χ0v) is 13.8. The third kappa shape index (κ3) is 3.89. The van der Waals surface area contributed by atoms with Crippen LogP contribution in [0.3, 0.4) is 0 Å². The Morgan fingerprint density at radius 1 is 1.29 bits per heavy atom. The number of hydrogen-bond donors (Lipinski definition) is 1. The molecule has 1 aliphatic heterocycles. The molecule has 1 heterocycles. The molecule has 1 aromatic carbocycles. The molecule has 1 fully saturated rings. The maximum Gasteiger partial charge on any atom is 0.227 e. The molecule has 1 amide bonds. The highest BCUT2D eigenvalue weighted by molar-refractivity contribution is 7.92. The van der Waals surface area contributed by atoms with E-state index in [1.54, 1.807) is 30.9 Å². The van der Waals surface area contributed by atoms with E-state index in [1.165, 1.54) is 0 Å². The van der Waals surface area contributed by atoms with Crippen LogP contribution in [0.4, 0.5) is 5.69 Å². The summed E-state index contributed by atoms with van der Waals surface area (Å²) in [4.78, 5) is 13.9. The number of benzene rings is 1. The van der Waals surface area contributed by atoms with Gasteiger partial charge in [0, 0.05) is 18.8 Å². The van der Waals surface area contributed by atoms with E-state index in [0.717, 1.165) is 5.56 Å². The van der Waals surface area contributed by atoms with E-state index in [0.29, 0.717) is 5.69 Å². The molecule has 0 atom stereocenters. The molecule has 118 valence electrons. The highest BCUT2D eigenvalue weighted by Gasteiger charge is 2.41. The molecule has 5 nitrogen and oxygen atoms in total. The molecule has 7 heteroatoms. The summed E-state index contributed by atoms with van der Waals surface area (Å²) in [5, 5.41) is 0. The molecule has 1 aliphatic rings. The summed E-state index contributed by atoms with van der Waals surface area (Å²) in [5.41, 5.74) is 7.15. The molecule has 0 radical (unpaired) electrons. The maximum absolute atomic E-state index is 12.3.